The third kappa shape index (κ3) is 3.77. The minimum absolute atomic E-state index is 0.000817. The molecule has 3 fully saturated rings. The maximum atomic E-state index is 14.7. The molecule has 2 bridgehead atoms. The number of hydrogen-bond donors (Lipinski definition) is 1. The largest absolute Gasteiger partial charge is 0.497 e. The van der Waals surface area contributed by atoms with Gasteiger partial charge in [-0.05, 0) is 41.8 Å². The summed E-state index contributed by atoms with van der Waals surface area (Å²) < 4.78 is 48.5. The van der Waals surface area contributed by atoms with Crippen LogP contribution < -0.4 is 4.74 Å². The number of pyridine rings is 1. The lowest BCUT2D eigenvalue weighted by Gasteiger charge is -2.58. The van der Waals surface area contributed by atoms with Crippen molar-refractivity contribution in [2.24, 2.45) is 11.8 Å². The number of aromatic nitrogens is 1. The molecule has 0 aliphatic carbocycles. The Morgan fingerprint density at radius 3 is 2.82 bits per heavy atom. The van der Waals surface area contributed by atoms with Crippen LogP contribution in [0.15, 0.2) is 55.3 Å². The molecule has 4 heterocycles. The van der Waals surface area contributed by atoms with Gasteiger partial charge >= 0.3 is 0 Å². The van der Waals surface area contributed by atoms with Crippen LogP contribution in [0.1, 0.15) is 30.1 Å². The van der Waals surface area contributed by atoms with Gasteiger partial charge in [0.25, 0.3) is 0 Å². The average Bonchev–Trinajstić information content (AvgIpc) is 2.85. The molecule has 3 aliphatic heterocycles. The summed E-state index contributed by atoms with van der Waals surface area (Å²) in [5.41, 5.74) is 1.46. The highest BCUT2D eigenvalue weighted by atomic mass is 19.2. The van der Waals surface area contributed by atoms with Crippen molar-refractivity contribution in [3.8, 4) is 5.75 Å². The zero-order chi connectivity index (χ0) is 24.0. The van der Waals surface area contributed by atoms with Crippen molar-refractivity contribution in [3.05, 3.63) is 83.8 Å². The Bertz CT molecular complexity index is 1250. The second-order valence-corrected chi connectivity index (χ2v) is 9.62. The van der Waals surface area contributed by atoms with Crippen LogP contribution in [0.4, 0.5) is 13.2 Å². The second kappa shape index (κ2) is 8.71. The number of aliphatic hydroxyl groups excluding tert-OH is 1. The first-order valence-electron chi connectivity index (χ1n) is 11.6. The summed E-state index contributed by atoms with van der Waals surface area (Å²) in [5, 5.41) is 12.5. The molecule has 4 nitrogen and oxygen atoms in total. The number of halogens is 3. The van der Waals surface area contributed by atoms with Crippen LogP contribution in [0, 0.1) is 29.3 Å². The van der Waals surface area contributed by atoms with Crippen LogP contribution in [0.3, 0.4) is 0 Å². The molecule has 7 heteroatoms. The number of ether oxygens (including phenoxy) is 1. The molecule has 0 saturated carbocycles. The molecule has 178 valence electrons. The highest BCUT2D eigenvalue weighted by Crippen LogP contribution is 2.48. The van der Waals surface area contributed by atoms with Crippen molar-refractivity contribution >= 4 is 10.9 Å². The number of methoxy groups -OCH3 is 1. The Labute approximate surface area is 196 Å². The molecular weight excluding hydrogens is 441 g/mol. The third-order valence-electron chi connectivity index (χ3n) is 7.89. The summed E-state index contributed by atoms with van der Waals surface area (Å²) in [4.78, 5) is 4.42. The minimum atomic E-state index is -1.19. The number of nitrogens with zero attached hydrogens (tertiary/aromatic N) is 2. The van der Waals surface area contributed by atoms with Gasteiger partial charge in [-0.25, -0.2) is 13.2 Å². The zero-order valence-electron chi connectivity index (χ0n) is 19.1. The fourth-order valence-electron chi connectivity index (χ4n) is 6.18. The maximum Gasteiger partial charge on any atom is 0.167 e. The number of piperidine rings is 3. The molecule has 0 radical (unpaired) electrons. The summed E-state index contributed by atoms with van der Waals surface area (Å²) in [6.45, 7) is 5.42. The summed E-state index contributed by atoms with van der Waals surface area (Å²) in [6, 6.07) is 8.71. The van der Waals surface area contributed by atoms with Gasteiger partial charge in [0.2, 0.25) is 0 Å². The second-order valence-electron chi connectivity index (χ2n) is 9.62. The molecule has 3 aromatic rings. The molecule has 1 N–H and O–H groups in total. The van der Waals surface area contributed by atoms with E-state index in [9.17, 15) is 18.3 Å². The molecule has 4 unspecified atom stereocenters. The van der Waals surface area contributed by atoms with Gasteiger partial charge < -0.3 is 14.3 Å². The summed E-state index contributed by atoms with van der Waals surface area (Å²) in [5.74, 6) is -1.80. The number of benzene rings is 2. The van der Waals surface area contributed by atoms with Crippen LogP contribution in [0.2, 0.25) is 0 Å². The summed E-state index contributed by atoms with van der Waals surface area (Å²) in [7, 11) is 1.59. The first kappa shape index (κ1) is 22.9. The summed E-state index contributed by atoms with van der Waals surface area (Å²) >= 11 is 0. The van der Waals surface area contributed by atoms with E-state index in [1.807, 2.05) is 24.3 Å². The Morgan fingerprint density at radius 1 is 1.24 bits per heavy atom. The number of quaternary nitrogens is 1. The predicted molar refractivity (Wildman–Crippen MR) is 123 cm³/mol. The first-order valence-corrected chi connectivity index (χ1v) is 11.6. The standard InChI is InChI=1S/C27H28F3N2O2/c1-3-16-14-32(15-18-10-19(28)12-23(29)26(18)30)9-7-17(16)11-25(32)27(33)21-6-8-31-24-5-4-20(34-2)13-22(21)24/h3-6,8,10,12-13,16-17,25,27,33H,1,7,9,11,14-15H2,2H3/q+1/t16?,17?,25-,27?,32?/m0/s1. The van der Waals surface area contributed by atoms with E-state index < -0.39 is 23.6 Å². The number of rotatable bonds is 6. The van der Waals surface area contributed by atoms with E-state index in [0.717, 1.165) is 29.0 Å². The monoisotopic (exact) mass is 469 g/mol. The van der Waals surface area contributed by atoms with Crippen LogP contribution in [0.5, 0.6) is 5.75 Å². The van der Waals surface area contributed by atoms with Gasteiger partial charge in [0.15, 0.2) is 11.6 Å². The lowest BCUT2D eigenvalue weighted by atomic mass is 9.71. The fraction of sp³-hybridized carbons (Fsp3) is 0.370. The van der Waals surface area contributed by atoms with Crippen molar-refractivity contribution in [3.63, 3.8) is 0 Å². The van der Waals surface area contributed by atoms with E-state index in [2.05, 4.69) is 11.6 Å². The molecule has 0 spiro atoms. The Kier molecular flexibility index (Phi) is 5.86. The Hall–Kier alpha value is -2.90. The van der Waals surface area contributed by atoms with E-state index in [4.69, 9.17) is 4.74 Å². The van der Waals surface area contributed by atoms with Crippen LogP contribution >= 0.6 is 0 Å². The van der Waals surface area contributed by atoms with E-state index in [1.54, 1.807) is 19.4 Å². The van der Waals surface area contributed by atoms with Crippen molar-refractivity contribution in [1.29, 1.82) is 0 Å². The Morgan fingerprint density at radius 2 is 2.06 bits per heavy atom. The van der Waals surface area contributed by atoms with Gasteiger partial charge in [-0.3, -0.25) is 4.98 Å². The third-order valence-corrected chi connectivity index (χ3v) is 7.89. The topological polar surface area (TPSA) is 42.4 Å². The number of hydrogen-bond acceptors (Lipinski definition) is 3. The molecule has 6 rings (SSSR count). The normalized spacial score (nSPS) is 27.0. The van der Waals surface area contributed by atoms with Gasteiger partial charge in [-0.2, -0.15) is 0 Å². The quantitative estimate of drug-likeness (QED) is 0.302. The van der Waals surface area contributed by atoms with Gasteiger partial charge in [-0.1, -0.05) is 6.08 Å². The lowest BCUT2D eigenvalue weighted by molar-refractivity contribution is -0.985. The molecule has 0 amide bonds. The first-order chi connectivity index (χ1) is 16.3. The van der Waals surface area contributed by atoms with Crippen molar-refractivity contribution < 1.29 is 27.5 Å². The van der Waals surface area contributed by atoms with Crippen molar-refractivity contribution in [1.82, 2.24) is 4.98 Å². The highest BCUT2D eigenvalue weighted by molar-refractivity contribution is 5.83. The Balaban J connectivity index is 1.59. The molecule has 34 heavy (non-hydrogen) atoms. The van der Waals surface area contributed by atoms with Crippen molar-refractivity contribution in [2.45, 2.75) is 31.5 Å². The highest BCUT2D eigenvalue weighted by Gasteiger charge is 2.54. The minimum Gasteiger partial charge on any atom is -0.497 e. The van der Waals surface area contributed by atoms with E-state index in [-0.39, 0.29) is 24.1 Å². The fourth-order valence-corrected chi connectivity index (χ4v) is 6.18. The molecule has 3 aliphatic rings. The lowest BCUT2D eigenvalue weighted by Crippen LogP contribution is -2.67. The molecule has 3 saturated heterocycles. The number of aliphatic hydroxyl groups is 1. The van der Waals surface area contributed by atoms with Gasteiger partial charge in [0.05, 0.1) is 25.7 Å². The zero-order valence-corrected chi connectivity index (χ0v) is 19.1. The van der Waals surface area contributed by atoms with E-state index >= 15 is 0 Å². The van der Waals surface area contributed by atoms with Gasteiger partial charge in [-0.15, -0.1) is 6.58 Å². The van der Waals surface area contributed by atoms with E-state index in [0.29, 0.717) is 41.7 Å². The van der Waals surface area contributed by atoms with Crippen LogP contribution in [0.25, 0.3) is 10.9 Å². The molecular formula is C27H28F3N2O2+. The summed E-state index contributed by atoms with van der Waals surface area (Å²) in [6.07, 6.45) is 4.33. The number of fused-ring (bicyclic) bond motifs is 4. The van der Waals surface area contributed by atoms with Gasteiger partial charge in [0.1, 0.15) is 30.3 Å². The van der Waals surface area contributed by atoms with Gasteiger partial charge in [0, 0.05) is 42.0 Å². The molecule has 5 atom stereocenters. The molecule has 2 aromatic carbocycles. The van der Waals surface area contributed by atoms with E-state index in [1.165, 1.54) is 0 Å². The molecule has 1 aromatic heterocycles. The van der Waals surface area contributed by atoms with Crippen LogP contribution in [-0.4, -0.2) is 40.8 Å². The SMILES string of the molecule is C=CC1C[N+]2(Cc3cc(F)cc(F)c3F)CCC1C[C@H]2C(O)c1ccnc2ccc(OC)cc12. The van der Waals surface area contributed by atoms with Crippen LogP contribution in [-0.2, 0) is 6.54 Å². The average molecular weight is 470 g/mol. The smallest absolute Gasteiger partial charge is 0.167 e. The van der Waals surface area contributed by atoms with Crippen molar-refractivity contribution in [2.75, 3.05) is 20.2 Å². The maximum absolute atomic E-state index is 14.7. The predicted octanol–water partition coefficient (Wildman–Crippen LogP) is 5.31.